The Kier molecular flexibility index (Phi) is 6.86. The van der Waals surface area contributed by atoms with Gasteiger partial charge >= 0.3 is 5.97 Å². The van der Waals surface area contributed by atoms with Crippen molar-refractivity contribution in [1.29, 1.82) is 0 Å². The van der Waals surface area contributed by atoms with Crippen molar-refractivity contribution in [1.82, 2.24) is 0 Å². The first kappa shape index (κ1) is 24.1. The van der Waals surface area contributed by atoms with Crippen LogP contribution in [-0.2, 0) is 11.2 Å². The van der Waals surface area contributed by atoms with Gasteiger partial charge in [0.25, 0.3) is 0 Å². The largest absolute Gasteiger partial charge is 0.479 e. The van der Waals surface area contributed by atoms with Gasteiger partial charge in [-0.15, -0.1) is 0 Å². The van der Waals surface area contributed by atoms with Gasteiger partial charge < -0.3 is 14.3 Å². The van der Waals surface area contributed by atoms with Gasteiger partial charge in [-0.25, -0.2) is 4.79 Å². The van der Waals surface area contributed by atoms with Crippen molar-refractivity contribution >= 4 is 16.9 Å². The first-order valence-corrected chi connectivity index (χ1v) is 12.2. The summed E-state index contributed by atoms with van der Waals surface area (Å²) in [7, 11) is 0. The van der Waals surface area contributed by atoms with Gasteiger partial charge in [0.05, 0.1) is 5.39 Å². The van der Waals surface area contributed by atoms with E-state index in [-0.39, 0.29) is 23.2 Å². The van der Waals surface area contributed by atoms with E-state index in [9.17, 15) is 14.7 Å². The molecule has 0 bridgehead atoms. The highest BCUT2D eigenvalue weighted by Crippen LogP contribution is 2.30. The third kappa shape index (κ3) is 5.46. The van der Waals surface area contributed by atoms with E-state index in [1.807, 2.05) is 54.6 Å². The predicted octanol–water partition coefficient (Wildman–Crippen LogP) is 6.90. The van der Waals surface area contributed by atoms with Gasteiger partial charge in [0, 0.05) is 11.6 Å². The van der Waals surface area contributed by atoms with Crippen molar-refractivity contribution in [2.24, 2.45) is 0 Å². The lowest BCUT2D eigenvalue weighted by Crippen LogP contribution is -2.27. The maximum absolute atomic E-state index is 12.8. The molecule has 0 radical (unpaired) electrons. The minimum atomic E-state index is -1.10. The van der Waals surface area contributed by atoms with E-state index >= 15 is 0 Å². The first-order chi connectivity index (χ1) is 18.0. The summed E-state index contributed by atoms with van der Waals surface area (Å²) in [4.78, 5) is 24.8. The van der Waals surface area contributed by atoms with Crippen LogP contribution in [0.3, 0.4) is 0 Å². The molecule has 1 unspecified atom stereocenters. The Labute approximate surface area is 214 Å². The van der Waals surface area contributed by atoms with Crippen molar-refractivity contribution in [3.63, 3.8) is 0 Å². The van der Waals surface area contributed by atoms with Crippen LogP contribution < -0.4 is 10.2 Å². The van der Waals surface area contributed by atoms with Gasteiger partial charge in [0.2, 0.25) is 0 Å². The highest BCUT2D eigenvalue weighted by atomic mass is 16.5. The van der Waals surface area contributed by atoms with Crippen molar-refractivity contribution in [2.45, 2.75) is 25.9 Å². The van der Waals surface area contributed by atoms with Crippen LogP contribution >= 0.6 is 0 Å². The third-order valence-corrected chi connectivity index (χ3v) is 6.36. The van der Waals surface area contributed by atoms with E-state index in [2.05, 4.69) is 31.2 Å². The van der Waals surface area contributed by atoms with Crippen LogP contribution in [0.15, 0.2) is 112 Å². The van der Waals surface area contributed by atoms with Crippen LogP contribution in [0.1, 0.15) is 17.5 Å². The lowest BCUT2D eigenvalue weighted by Gasteiger charge is -2.16. The molecule has 0 saturated carbocycles. The molecule has 0 aliphatic heterocycles. The molecule has 1 aromatic heterocycles. The smallest absolute Gasteiger partial charge is 0.344 e. The van der Waals surface area contributed by atoms with Crippen LogP contribution in [0.4, 0.5) is 0 Å². The highest BCUT2D eigenvalue weighted by Gasteiger charge is 2.22. The molecule has 1 heterocycles. The molecule has 0 aliphatic carbocycles. The van der Waals surface area contributed by atoms with Gasteiger partial charge in [-0.1, -0.05) is 90.5 Å². The van der Waals surface area contributed by atoms with Gasteiger partial charge in [-0.2, -0.15) is 0 Å². The number of benzene rings is 4. The Morgan fingerprint density at radius 1 is 0.838 bits per heavy atom. The Hall–Kier alpha value is -4.64. The fourth-order valence-electron chi connectivity index (χ4n) is 4.28. The zero-order chi connectivity index (χ0) is 25.8. The highest BCUT2D eigenvalue weighted by molar-refractivity contribution is 5.84. The van der Waals surface area contributed by atoms with Crippen LogP contribution in [-0.4, -0.2) is 17.2 Å². The SMILES string of the molecule is Cc1ccc(-c2ccc(CCC(Oc3cccc4c(=O)cc(-c5ccccc5)oc34)C(=O)O)cc2)cc1. The average molecular weight is 491 g/mol. The number of carbonyl (C=O) groups is 1. The molecule has 1 atom stereocenters. The number of carboxylic acid groups (broad SMARTS) is 1. The number of carboxylic acids is 1. The number of para-hydroxylation sites is 1. The van der Waals surface area contributed by atoms with Crippen LogP contribution in [0.2, 0.25) is 0 Å². The molecular weight excluding hydrogens is 464 g/mol. The molecular formula is C32H26O5. The minimum Gasteiger partial charge on any atom is -0.479 e. The molecule has 0 aliphatic rings. The molecule has 5 aromatic rings. The number of rotatable bonds is 8. The summed E-state index contributed by atoms with van der Waals surface area (Å²) >= 11 is 0. The first-order valence-electron chi connectivity index (χ1n) is 12.2. The summed E-state index contributed by atoms with van der Waals surface area (Å²) < 4.78 is 12.0. The topological polar surface area (TPSA) is 76.7 Å². The van der Waals surface area contributed by atoms with Gasteiger partial charge in [0.1, 0.15) is 5.76 Å². The molecule has 0 fully saturated rings. The number of fused-ring (bicyclic) bond motifs is 1. The molecule has 184 valence electrons. The number of aryl methyl sites for hydroxylation is 2. The van der Waals surface area contributed by atoms with Gasteiger partial charge in [-0.05, 0) is 48.6 Å². The molecule has 5 rings (SSSR count). The second kappa shape index (κ2) is 10.5. The summed E-state index contributed by atoms with van der Waals surface area (Å²) in [6.07, 6.45) is -0.319. The van der Waals surface area contributed by atoms with Crippen molar-refractivity contribution < 1.29 is 19.1 Å². The lowest BCUT2D eigenvalue weighted by molar-refractivity contribution is -0.145. The molecule has 4 aromatic carbocycles. The van der Waals surface area contributed by atoms with E-state index < -0.39 is 12.1 Å². The normalized spacial score (nSPS) is 11.8. The second-order valence-electron chi connectivity index (χ2n) is 9.02. The Morgan fingerprint density at radius 3 is 2.19 bits per heavy atom. The number of hydrogen-bond acceptors (Lipinski definition) is 4. The van der Waals surface area contributed by atoms with Crippen LogP contribution in [0.5, 0.6) is 5.75 Å². The fraction of sp³-hybridized carbons (Fsp3) is 0.125. The van der Waals surface area contributed by atoms with Crippen LogP contribution in [0.25, 0.3) is 33.4 Å². The third-order valence-electron chi connectivity index (χ3n) is 6.36. The molecule has 0 spiro atoms. The summed E-state index contributed by atoms with van der Waals surface area (Å²) in [5.41, 5.74) is 5.24. The lowest BCUT2D eigenvalue weighted by atomic mass is 10.0. The quantitative estimate of drug-likeness (QED) is 0.256. The molecule has 37 heavy (non-hydrogen) atoms. The maximum atomic E-state index is 12.8. The molecule has 5 nitrogen and oxygen atoms in total. The van der Waals surface area contributed by atoms with E-state index in [4.69, 9.17) is 9.15 Å². The maximum Gasteiger partial charge on any atom is 0.344 e. The van der Waals surface area contributed by atoms with Gasteiger partial charge in [-0.3, -0.25) is 4.79 Å². The zero-order valence-electron chi connectivity index (χ0n) is 20.4. The number of ether oxygens (including phenoxy) is 1. The van der Waals surface area contributed by atoms with E-state index in [1.165, 1.54) is 11.6 Å². The average Bonchev–Trinajstić information content (AvgIpc) is 2.92. The molecule has 0 amide bonds. The summed E-state index contributed by atoms with van der Waals surface area (Å²) in [5.74, 6) is -0.445. The molecule has 1 N–H and O–H groups in total. The van der Waals surface area contributed by atoms with Gasteiger partial charge in [0.15, 0.2) is 22.9 Å². The number of hydrogen-bond donors (Lipinski definition) is 1. The fourth-order valence-corrected chi connectivity index (χ4v) is 4.28. The Balaban J connectivity index is 1.36. The van der Waals surface area contributed by atoms with E-state index in [0.29, 0.717) is 17.6 Å². The Bertz CT molecular complexity index is 1580. The molecule has 5 heteroatoms. The summed E-state index contributed by atoms with van der Waals surface area (Å²) in [5, 5.41) is 10.2. The van der Waals surface area contributed by atoms with Crippen LogP contribution in [0, 0.1) is 6.92 Å². The van der Waals surface area contributed by atoms with E-state index in [1.54, 1.807) is 18.2 Å². The monoisotopic (exact) mass is 490 g/mol. The Morgan fingerprint density at radius 2 is 1.51 bits per heavy atom. The minimum absolute atomic E-state index is 0.217. The standard InChI is InChI=1S/C32H26O5/c1-21-10-15-23(16-11-21)24-17-12-22(13-18-24)14-19-29(32(34)35)36-28-9-5-8-26-27(33)20-30(37-31(26)28)25-6-3-2-4-7-25/h2-13,15-18,20,29H,14,19H2,1H3,(H,34,35). The second-order valence-corrected chi connectivity index (χ2v) is 9.02. The van der Waals surface area contributed by atoms with Crippen molar-refractivity contribution in [3.05, 3.63) is 124 Å². The summed E-state index contributed by atoms with van der Waals surface area (Å²) in [6, 6.07) is 32.1. The predicted molar refractivity (Wildman–Crippen MR) is 145 cm³/mol. The van der Waals surface area contributed by atoms with Crippen molar-refractivity contribution in [3.8, 4) is 28.2 Å². The summed E-state index contributed by atoms with van der Waals surface area (Å²) in [6.45, 7) is 2.06. The van der Waals surface area contributed by atoms with E-state index in [0.717, 1.165) is 22.3 Å². The number of aliphatic carboxylic acids is 1. The van der Waals surface area contributed by atoms with Crippen molar-refractivity contribution in [2.75, 3.05) is 0 Å². The molecule has 0 saturated heterocycles. The zero-order valence-corrected chi connectivity index (χ0v) is 20.4.